The Balaban J connectivity index is 1.97. The van der Waals surface area contributed by atoms with E-state index in [4.69, 9.17) is 5.73 Å². The number of fused-ring (bicyclic) bond motifs is 1. The molecular weight excluding hydrogens is 212 g/mol. The average molecular weight is 228 g/mol. The van der Waals surface area contributed by atoms with Gasteiger partial charge >= 0.3 is 0 Å². The maximum absolute atomic E-state index is 5.98. The Bertz CT molecular complexity index is 560. The van der Waals surface area contributed by atoms with Crippen LogP contribution in [0.2, 0.25) is 0 Å². The van der Waals surface area contributed by atoms with Crippen molar-refractivity contribution in [2.75, 3.05) is 5.73 Å². The Kier molecular flexibility index (Phi) is 2.35. The second-order valence-corrected chi connectivity index (χ2v) is 4.73. The molecule has 0 amide bonds. The van der Waals surface area contributed by atoms with Gasteiger partial charge in [-0.1, -0.05) is 12.2 Å². The molecule has 4 nitrogen and oxygen atoms in total. The first kappa shape index (κ1) is 10.3. The van der Waals surface area contributed by atoms with Crippen LogP contribution in [0, 0.1) is 0 Å². The number of aromatic nitrogens is 3. The predicted molar refractivity (Wildman–Crippen MR) is 67.7 cm³/mol. The fourth-order valence-corrected chi connectivity index (χ4v) is 2.49. The third-order valence-corrected chi connectivity index (χ3v) is 3.52. The molecule has 3 rings (SSSR count). The van der Waals surface area contributed by atoms with Gasteiger partial charge in [0, 0.05) is 23.7 Å². The zero-order chi connectivity index (χ0) is 11.8. The van der Waals surface area contributed by atoms with E-state index in [1.165, 1.54) is 5.57 Å². The van der Waals surface area contributed by atoms with Crippen LogP contribution < -0.4 is 5.73 Å². The number of nitrogens with zero attached hydrogens (tertiary/aromatic N) is 3. The highest BCUT2D eigenvalue weighted by Crippen LogP contribution is 2.34. The molecular formula is C13H16N4. The normalized spacial score (nSPS) is 17.8. The minimum atomic E-state index is 0.516. The molecule has 0 atom stereocenters. The second kappa shape index (κ2) is 3.87. The molecule has 17 heavy (non-hydrogen) atoms. The molecule has 1 aliphatic carbocycles. The monoisotopic (exact) mass is 228 g/mol. The van der Waals surface area contributed by atoms with E-state index in [0.717, 1.165) is 37.0 Å². The molecule has 0 unspecified atom stereocenters. The molecule has 1 fully saturated rings. The Morgan fingerprint density at radius 1 is 1.35 bits per heavy atom. The summed E-state index contributed by atoms with van der Waals surface area (Å²) >= 11 is 0. The first-order chi connectivity index (χ1) is 8.24. The summed E-state index contributed by atoms with van der Waals surface area (Å²) in [6.45, 7) is 4.04. The van der Waals surface area contributed by atoms with Crippen LogP contribution in [-0.4, -0.2) is 14.6 Å². The summed E-state index contributed by atoms with van der Waals surface area (Å²) in [5, 5.41) is 4.13. The number of anilines is 1. The van der Waals surface area contributed by atoms with Crippen molar-refractivity contribution in [1.29, 1.82) is 0 Å². The van der Waals surface area contributed by atoms with Crippen molar-refractivity contribution in [1.82, 2.24) is 14.6 Å². The Labute approximate surface area is 100 Å². The van der Waals surface area contributed by atoms with Gasteiger partial charge in [-0.25, -0.2) is 4.98 Å². The smallest absolute Gasteiger partial charge is 0.157 e. The van der Waals surface area contributed by atoms with Crippen molar-refractivity contribution < 1.29 is 0 Å². The minimum absolute atomic E-state index is 0.516. The van der Waals surface area contributed by atoms with Gasteiger partial charge in [0.25, 0.3) is 0 Å². The highest BCUT2D eigenvalue weighted by Gasteiger charge is 2.19. The molecule has 0 spiro atoms. The van der Waals surface area contributed by atoms with Gasteiger partial charge in [0.15, 0.2) is 5.65 Å². The standard InChI is InChI=1S/C13H16N4/c1-9-2-4-10(5-3-9)11-8-12(14)17-13(16-11)6-7-15-17/h6-8,10H,1-5,14H2. The van der Waals surface area contributed by atoms with E-state index in [1.807, 2.05) is 12.1 Å². The van der Waals surface area contributed by atoms with Crippen LogP contribution in [0.25, 0.3) is 5.65 Å². The first-order valence-electron chi connectivity index (χ1n) is 6.01. The molecule has 0 saturated heterocycles. The van der Waals surface area contributed by atoms with Crippen molar-refractivity contribution in [3.05, 3.63) is 36.2 Å². The van der Waals surface area contributed by atoms with E-state index in [-0.39, 0.29) is 0 Å². The summed E-state index contributed by atoms with van der Waals surface area (Å²) in [7, 11) is 0. The Morgan fingerprint density at radius 3 is 2.88 bits per heavy atom. The van der Waals surface area contributed by atoms with Gasteiger partial charge in [0.2, 0.25) is 0 Å². The molecule has 0 bridgehead atoms. The molecule has 0 aliphatic heterocycles. The van der Waals surface area contributed by atoms with Crippen molar-refractivity contribution in [2.45, 2.75) is 31.6 Å². The van der Waals surface area contributed by atoms with Gasteiger partial charge in [-0.2, -0.15) is 9.61 Å². The van der Waals surface area contributed by atoms with E-state index in [2.05, 4.69) is 16.7 Å². The van der Waals surface area contributed by atoms with Crippen molar-refractivity contribution in [2.24, 2.45) is 0 Å². The fraction of sp³-hybridized carbons (Fsp3) is 0.385. The van der Waals surface area contributed by atoms with Gasteiger partial charge < -0.3 is 5.73 Å². The van der Waals surface area contributed by atoms with E-state index in [1.54, 1.807) is 10.7 Å². The van der Waals surface area contributed by atoms with Gasteiger partial charge in [-0.3, -0.25) is 0 Å². The van der Waals surface area contributed by atoms with Crippen molar-refractivity contribution in [3.63, 3.8) is 0 Å². The molecule has 2 aromatic heterocycles. The zero-order valence-corrected chi connectivity index (χ0v) is 9.76. The summed E-state index contributed by atoms with van der Waals surface area (Å²) < 4.78 is 1.67. The number of allylic oxidation sites excluding steroid dienone is 1. The van der Waals surface area contributed by atoms with Gasteiger partial charge in [-0.05, 0) is 25.7 Å². The molecule has 2 heterocycles. The molecule has 4 heteroatoms. The van der Waals surface area contributed by atoms with E-state index in [0.29, 0.717) is 11.7 Å². The summed E-state index contributed by atoms with van der Waals surface area (Å²) in [6, 6.07) is 3.85. The van der Waals surface area contributed by atoms with Gasteiger partial charge in [0.1, 0.15) is 5.82 Å². The molecule has 1 saturated carbocycles. The van der Waals surface area contributed by atoms with E-state index < -0.39 is 0 Å². The van der Waals surface area contributed by atoms with Crippen LogP contribution in [0.3, 0.4) is 0 Å². The Morgan fingerprint density at radius 2 is 2.12 bits per heavy atom. The predicted octanol–water partition coefficient (Wildman–Crippen LogP) is 2.53. The van der Waals surface area contributed by atoms with E-state index >= 15 is 0 Å². The van der Waals surface area contributed by atoms with Crippen molar-refractivity contribution in [3.8, 4) is 0 Å². The summed E-state index contributed by atoms with van der Waals surface area (Å²) in [4.78, 5) is 4.64. The summed E-state index contributed by atoms with van der Waals surface area (Å²) in [6.07, 6.45) is 6.21. The van der Waals surface area contributed by atoms with Gasteiger partial charge in [-0.15, -0.1) is 0 Å². The first-order valence-corrected chi connectivity index (χ1v) is 6.01. The largest absolute Gasteiger partial charge is 0.384 e. The highest BCUT2D eigenvalue weighted by atomic mass is 15.3. The minimum Gasteiger partial charge on any atom is -0.384 e. The lowest BCUT2D eigenvalue weighted by Gasteiger charge is -2.23. The summed E-state index contributed by atoms with van der Waals surface area (Å²) in [5.41, 5.74) is 9.28. The third-order valence-electron chi connectivity index (χ3n) is 3.52. The van der Waals surface area contributed by atoms with Crippen LogP contribution in [0.4, 0.5) is 5.82 Å². The SMILES string of the molecule is C=C1CCC(c2cc(N)n3nccc3n2)CC1. The van der Waals surface area contributed by atoms with Crippen LogP contribution in [0.5, 0.6) is 0 Å². The number of rotatable bonds is 1. The number of hydrogen-bond donors (Lipinski definition) is 1. The van der Waals surface area contributed by atoms with Crippen LogP contribution in [0.15, 0.2) is 30.5 Å². The lowest BCUT2D eigenvalue weighted by atomic mass is 9.84. The van der Waals surface area contributed by atoms with Crippen molar-refractivity contribution >= 4 is 11.5 Å². The topological polar surface area (TPSA) is 56.2 Å². The lowest BCUT2D eigenvalue weighted by molar-refractivity contribution is 0.508. The fourth-order valence-electron chi connectivity index (χ4n) is 2.49. The van der Waals surface area contributed by atoms with E-state index in [9.17, 15) is 0 Å². The zero-order valence-electron chi connectivity index (χ0n) is 9.76. The average Bonchev–Trinajstić information content (AvgIpc) is 2.78. The third kappa shape index (κ3) is 1.79. The molecule has 1 aliphatic rings. The van der Waals surface area contributed by atoms with Crippen LogP contribution in [0.1, 0.15) is 37.3 Å². The molecule has 0 radical (unpaired) electrons. The Hall–Kier alpha value is -1.84. The maximum Gasteiger partial charge on any atom is 0.157 e. The lowest BCUT2D eigenvalue weighted by Crippen LogP contribution is -2.10. The number of nitrogens with two attached hydrogens (primary N) is 1. The van der Waals surface area contributed by atoms with Gasteiger partial charge in [0.05, 0.1) is 6.20 Å². The maximum atomic E-state index is 5.98. The number of nitrogen functional groups attached to an aromatic ring is 1. The summed E-state index contributed by atoms with van der Waals surface area (Å²) in [5.74, 6) is 1.18. The number of hydrogen-bond acceptors (Lipinski definition) is 3. The second-order valence-electron chi connectivity index (χ2n) is 4.73. The quantitative estimate of drug-likeness (QED) is 0.763. The van der Waals surface area contributed by atoms with Crippen LogP contribution in [-0.2, 0) is 0 Å². The highest BCUT2D eigenvalue weighted by molar-refractivity contribution is 5.47. The molecule has 2 N–H and O–H groups in total. The molecule has 0 aromatic carbocycles. The molecule has 2 aromatic rings. The molecule has 88 valence electrons. The van der Waals surface area contributed by atoms with Crippen LogP contribution >= 0.6 is 0 Å².